The van der Waals surface area contributed by atoms with Gasteiger partial charge in [0.05, 0.1) is 27.6 Å². The molecule has 1 aromatic carbocycles. The van der Waals surface area contributed by atoms with Crippen molar-refractivity contribution in [3.8, 4) is 5.69 Å². The number of carboxylic acids is 1. The summed E-state index contributed by atoms with van der Waals surface area (Å²) in [6.07, 6.45) is 4.02. The standard InChI is InChI=1S/C13H13Cl2N3O2/c14-10-5-3-6-11(13(10)15)18-8-9(16-17-18)4-1-2-7-12(19)20/h3,5-6,8H,1-2,4,7H2,(H,19,20). The first-order chi connectivity index (χ1) is 9.58. The summed E-state index contributed by atoms with van der Waals surface area (Å²) in [4.78, 5) is 10.4. The van der Waals surface area contributed by atoms with E-state index >= 15 is 0 Å². The van der Waals surface area contributed by atoms with E-state index in [1.54, 1.807) is 29.1 Å². The van der Waals surface area contributed by atoms with E-state index < -0.39 is 5.97 Å². The van der Waals surface area contributed by atoms with Crippen LogP contribution in [0.25, 0.3) is 5.69 Å². The van der Waals surface area contributed by atoms with Crippen molar-refractivity contribution >= 4 is 29.2 Å². The number of nitrogens with zero attached hydrogens (tertiary/aromatic N) is 3. The molecule has 0 unspecified atom stereocenters. The Bertz CT molecular complexity index is 613. The summed E-state index contributed by atoms with van der Waals surface area (Å²) in [5.74, 6) is -0.778. The first kappa shape index (κ1) is 14.8. The Labute approximate surface area is 126 Å². The molecule has 7 heteroatoms. The zero-order chi connectivity index (χ0) is 14.5. The first-order valence-electron chi connectivity index (χ1n) is 6.15. The summed E-state index contributed by atoms with van der Waals surface area (Å²) in [5, 5.41) is 17.5. The Morgan fingerprint density at radius 3 is 2.85 bits per heavy atom. The SMILES string of the molecule is O=C(O)CCCCc1cn(-c2cccc(Cl)c2Cl)nn1. The number of carbonyl (C=O) groups is 1. The van der Waals surface area contributed by atoms with Crippen molar-refractivity contribution < 1.29 is 9.90 Å². The van der Waals surface area contributed by atoms with E-state index in [2.05, 4.69) is 10.3 Å². The van der Waals surface area contributed by atoms with Crippen LogP contribution < -0.4 is 0 Å². The third kappa shape index (κ3) is 3.71. The zero-order valence-corrected chi connectivity index (χ0v) is 12.1. The van der Waals surface area contributed by atoms with Crippen molar-refractivity contribution in [2.24, 2.45) is 0 Å². The number of aryl methyl sites for hydroxylation is 1. The molecule has 0 saturated carbocycles. The largest absolute Gasteiger partial charge is 0.481 e. The molecule has 0 aliphatic rings. The van der Waals surface area contributed by atoms with Gasteiger partial charge in [-0.1, -0.05) is 34.5 Å². The van der Waals surface area contributed by atoms with E-state index in [1.165, 1.54) is 0 Å². The lowest BCUT2D eigenvalue weighted by Gasteiger charge is -2.03. The molecule has 0 saturated heterocycles. The van der Waals surface area contributed by atoms with E-state index in [0.717, 1.165) is 12.1 Å². The lowest BCUT2D eigenvalue weighted by atomic mass is 10.1. The van der Waals surface area contributed by atoms with Gasteiger partial charge in [0.15, 0.2) is 0 Å². The second kappa shape index (κ2) is 6.72. The van der Waals surface area contributed by atoms with Crippen LogP contribution in [0.15, 0.2) is 24.4 Å². The van der Waals surface area contributed by atoms with Gasteiger partial charge in [-0.25, -0.2) is 4.68 Å². The number of aromatic nitrogens is 3. The minimum absolute atomic E-state index is 0.175. The van der Waals surface area contributed by atoms with Crippen LogP contribution in [0.4, 0.5) is 0 Å². The number of aliphatic carboxylic acids is 1. The number of carboxylic acid groups (broad SMARTS) is 1. The molecule has 0 aliphatic carbocycles. The molecule has 5 nitrogen and oxygen atoms in total. The molecule has 2 aromatic rings. The average molecular weight is 314 g/mol. The lowest BCUT2D eigenvalue weighted by Crippen LogP contribution is -1.96. The van der Waals surface area contributed by atoms with Gasteiger partial charge in [0.1, 0.15) is 0 Å². The highest BCUT2D eigenvalue weighted by atomic mass is 35.5. The summed E-state index contributed by atoms with van der Waals surface area (Å²) in [7, 11) is 0. The van der Waals surface area contributed by atoms with Crippen LogP contribution in [0.3, 0.4) is 0 Å². The smallest absolute Gasteiger partial charge is 0.303 e. The molecule has 1 N–H and O–H groups in total. The van der Waals surface area contributed by atoms with Gasteiger partial charge in [0.2, 0.25) is 0 Å². The van der Waals surface area contributed by atoms with Crippen LogP contribution in [0.5, 0.6) is 0 Å². The van der Waals surface area contributed by atoms with Gasteiger partial charge in [-0.05, 0) is 31.4 Å². The normalized spacial score (nSPS) is 10.7. The molecule has 2 rings (SSSR count). The van der Waals surface area contributed by atoms with Crippen molar-refractivity contribution in [3.63, 3.8) is 0 Å². The van der Waals surface area contributed by atoms with Crippen molar-refractivity contribution in [1.29, 1.82) is 0 Å². The van der Waals surface area contributed by atoms with E-state index in [1.807, 2.05) is 0 Å². The Hall–Kier alpha value is -1.59. The molecule has 0 aliphatic heterocycles. The van der Waals surface area contributed by atoms with Gasteiger partial charge < -0.3 is 5.11 Å². The molecular formula is C13H13Cl2N3O2. The fraction of sp³-hybridized carbons (Fsp3) is 0.308. The van der Waals surface area contributed by atoms with Gasteiger partial charge in [-0.2, -0.15) is 0 Å². The molecule has 106 valence electrons. The minimum atomic E-state index is -0.778. The quantitative estimate of drug-likeness (QED) is 0.830. The Morgan fingerprint density at radius 2 is 2.10 bits per heavy atom. The predicted molar refractivity (Wildman–Crippen MR) is 76.6 cm³/mol. The molecule has 1 aromatic heterocycles. The number of hydrogen-bond donors (Lipinski definition) is 1. The topological polar surface area (TPSA) is 68.0 Å². The maximum atomic E-state index is 10.4. The van der Waals surface area contributed by atoms with E-state index in [9.17, 15) is 4.79 Å². The van der Waals surface area contributed by atoms with Crippen molar-refractivity contribution in [1.82, 2.24) is 15.0 Å². The lowest BCUT2D eigenvalue weighted by molar-refractivity contribution is -0.137. The van der Waals surface area contributed by atoms with Gasteiger partial charge in [-0.15, -0.1) is 5.10 Å². The molecule has 20 heavy (non-hydrogen) atoms. The summed E-state index contributed by atoms with van der Waals surface area (Å²) < 4.78 is 1.57. The molecule has 0 spiro atoms. The van der Waals surface area contributed by atoms with Crippen LogP contribution in [0.2, 0.25) is 10.0 Å². The molecule has 0 fully saturated rings. The molecular weight excluding hydrogens is 301 g/mol. The number of hydrogen-bond acceptors (Lipinski definition) is 3. The van der Waals surface area contributed by atoms with Crippen molar-refractivity contribution in [3.05, 3.63) is 40.1 Å². The molecule has 0 atom stereocenters. The Balaban J connectivity index is 2.02. The number of rotatable bonds is 6. The monoisotopic (exact) mass is 313 g/mol. The predicted octanol–water partition coefficient (Wildman–Crippen LogP) is 3.37. The number of unbranched alkanes of at least 4 members (excludes halogenated alkanes) is 1. The summed E-state index contributed by atoms with van der Waals surface area (Å²) in [5.41, 5.74) is 1.47. The summed E-state index contributed by atoms with van der Waals surface area (Å²) in [6.45, 7) is 0. The number of benzene rings is 1. The maximum absolute atomic E-state index is 10.4. The fourth-order valence-corrected chi connectivity index (χ4v) is 2.16. The maximum Gasteiger partial charge on any atom is 0.303 e. The van der Waals surface area contributed by atoms with Crippen LogP contribution in [-0.4, -0.2) is 26.1 Å². The minimum Gasteiger partial charge on any atom is -0.481 e. The van der Waals surface area contributed by atoms with Gasteiger partial charge in [0, 0.05) is 6.42 Å². The third-order valence-electron chi connectivity index (χ3n) is 2.79. The summed E-state index contributed by atoms with van der Waals surface area (Å²) in [6, 6.07) is 5.30. The first-order valence-corrected chi connectivity index (χ1v) is 6.91. The molecule has 1 heterocycles. The average Bonchev–Trinajstić information content (AvgIpc) is 2.86. The summed E-state index contributed by atoms with van der Waals surface area (Å²) >= 11 is 12.1. The van der Waals surface area contributed by atoms with Crippen molar-refractivity contribution in [2.75, 3.05) is 0 Å². The second-order valence-electron chi connectivity index (χ2n) is 4.33. The van der Waals surface area contributed by atoms with E-state index in [4.69, 9.17) is 28.3 Å². The van der Waals surface area contributed by atoms with Crippen LogP contribution in [-0.2, 0) is 11.2 Å². The fourth-order valence-electron chi connectivity index (χ4n) is 1.78. The molecule has 0 bridgehead atoms. The Kier molecular flexibility index (Phi) is 4.98. The highest BCUT2D eigenvalue weighted by Crippen LogP contribution is 2.27. The molecule has 0 radical (unpaired) electrons. The van der Waals surface area contributed by atoms with Crippen LogP contribution in [0.1, 0.15) is 25.0 Å². The Morgan fingerprint density at radius 1 is 1.30 bits per heavy atom. The van der Waals surface area contributed by atoms with E-state index in [0.29, 0.717) is 28.6 Å². The van der Waals surface area contributed by atoms with Crippen LogP contribution in [0, 0.1) is 0 Å². The van der Waals surface area contributed by atoms with E-state index in [-0.39, 0.29) is 6.42 Å². The van der Waals surface area contributed by atoms with Crippen molar-refractivity contribution in [2.45, 2.75) is 25.7 Å². The number of halogens is 2. The highest BCUT2D eigenvalue weighted by Gasteiger charge is 2.09. The van der Waals surface area contributed by atoms with Crippen LogP contribution >= 0.6 is 23.2 Å². The van der Waals surface area contributed by atoms with Gasteiger partial charge in [0.25, 0.3) is 0 Å². The molecule has 0 amide bonds. The van der Waals surface area contributed by atoms with Gasteiger partial charge in [-0.3, -0.25) is 4.79 Å². The van der Waals surface area contributed by atoms with Gasteiger partial charge >= 0.3 is 5.97 Å². The zero-order valence-electron chi connectivity index (χ0n) is 10.6. The highest BCUT2D eigenvalue weighted by molar-refractivity contribution is 6.43. The second-order valence-corrected chi connectivity index (χ2v) is 5.11. The third-order valence-corrected chi connectivity index (χ3v) is 3.60.